The zero-order valence-corrected chi connectivity index (χ0v) is 15.7. The number of anilines is 2. The van der Waals surface area contributed by atoms with Crippen LogP contribution in [0.2, 0.25) is 0 Å². The molecule has 0 amide bonds. The summed E-state index contributed by atoms with van der Waals surface area (Å²) in [5.41, 5.74) is 4.05. The first kappa shape index (κ1) is 16.2. The highest BCUT2D eigenvalue weighted by atomic mass is 15.6. The summed E-state index contributed by atoms with van der Waals surface area (Å²) in [5, 5.41) is 2.29. The van der Waals surface area contributed by atoms with Crippen molar-refractivity contribution in [3.8, 4) is 0 Å². The maximum atomic E-state index is 2.67. The van der Waals surface area contributed by atoms with Gasteiger partial charge in [-0.1, -0.05) is 12.1 Å². The molecule has 5 nitrogen and oxygen atoms in total. The Kier molecular flexibility index (Phi) is 4.14. The molecule has 2 fully saturated rings. The smallest absolute Gasteiger partial charge is 0.0841 e. The molecule has 5 rings (SSSR count). The Morgan fingerprint density at radius 1 is 0.846 bits per heavy atom. The molecule has 5 heteroatoms. The van der Waals surface area contributed by atoms with Gasteiger partial charge in [-0.15, -0.1) is 0 Å². The van der Waals surface area contributed by atoms with E-state index in [0.717, 1.165) is 19.6 Å². The van der Waals surface area contributed by atoms with Gasteiger partial charge in [-0.3, -0.25) is 14.6 Å². The molecule has 1 aromatic heterocycles. The van der Waals surface area contributed by atoms with Crippen molar-refractivity contribution in [3.63, 3.8) is 0 Å². The van der Waals surface area contributed by atoms with Gasteiger partial charge in [0.2, 0.25) is 0 Å². The van der Waals surface area contributed by atoms with E-state index in [2.05, 4.69) is 74.0 Å². The van der Waals surface area contributed by atoms with Crippen LogP contribution in [0.5, 0.6) is 0 Å². The molecule has 0 saturated carbocycles. The van der Waals surface area contributed by atoms with Crippen LogP contribution >= 0.6 is 0 Å². The Balaban J connectivity index is 1.42. The van der Waals surface area contributed by atoms with E-state index < -0.39 is 0 Å². The largest absolute Gasteiger partial charge is 0.359 e. The molecule has 4 heterocycles. The Labute approximate surface area is 156 Å². The van der Waals surface area contributed by atoms with E-state index in [0.29, 0.717) is 6.04 Å². The normalized spacial score (nSPS) is 23.5. The van der Waals surface area contributed by atoms with Crippen LogP contribution < -0.4 is 9.91 Å². The Bertz CT molecular complexity index is 763. The van der Waals surface area contributed by atoms with E-state index in [1.54, 1.807) is 0 Å². The van der Waals surface area contributed by atoms with Crippen molar-refractivity contribution in [1.82, 2.24) is 14.5 Å². The average molecular weight is 351 g/mol. The van der Waals surface area contributed by atoms with Crippen molar-refractivity contribution in [2.24, 2.45) is 0 Å². The van der Waals surface area contributed by atoms with Gasteiger partial charge in [-0.2, -0.15) is 0 Å². The number of benzene rings is 1. The van der Waals surface area contributed by atoms with Crippen LogP contribution in [0.1, 0.15) is 24.6 Å². The van der Waals surface area contributed by atoms with Gasteiger partial charge in [0.1, 0.15) is 0 Å². The van der Waals surface area contributed by atoms with Crippen LogP contribution in [0.3, 0.4) is 0 Å². The molecule has 0 N–H and O–H groups in total. The van der Waals surface area contributed by atoms with Crippen LogP contribution in [0, 0.1) is 0 Å². The van der Waals surface area contributed by atoms with Crippen LogP contribution in [-0.2, 0) is 0 Å². The maximum Gasteiger partial charge on any atom is 0.0841 e. The molecular weight excluding hydrogens is 322 g/mol. The van der Waals surface area contributed by atoms with Gasteiger partial charge in [0.05, 0.1) is 23.1 Å². The minimum absolute atomic E-state index is 0.420. The SMILES string of the molecule is CN1c2ccccc2N2CCN(CCN3CCCC3)CC2c2cccn21. The molecule has 1 atom stereocenters. The highest BCUT2D eigenvalue weighted by molar-refractivity contribution is 5.73. The predicted molar refractivity (Wildman–Crippen MR) is 107 cm³/mol. The molecule has 0 aliphatic carbocycles. The quantitative estimate of drug-likeness (QED) is 0.846. The molecule has 2 saturated heterocycles. The third-order valence-corrected chi connectivity index (χ3v) is 6.36. The van der Waals surface area contributed by atoms with E-state index in [4.69, 9.17) is 0 Å². The molecule has 0 bridgehead atoms. The number of likely N-dealkylation sites (tertiary alicyclic amines) is 1. The lowest BCUT2D eigenvalue weighted by Gasteiger charge is -2.42. The molecule has 3 aliphatic rings. The van der Waals surface area contributed by atoms with Crippen LogP contribution in [-0.4, -0.2) is 67.3 Å². The highest BCUT2D eigenvalue weighted by Crippen LogP contribution is 2.40. The van der Waals surface area contributed by atoms with Gasteiger partial charge >= 0.3 is 0 Å². The second kappa shape index (κ2) is 6.63. The van der Waals surface area contributed by atoms with Crippen molar-refractivity contribution < 1.29 is 0 Å². The first-order chi connectivity index (χ1) is 12.8. The van der Waals surface area contributed by atoms with Gasteiger partial charge in [0.15, 0.2) is 0 Å². The highest BCUT2D eigenvalue weighted by Gasteiger charge is 2.35. The second-order valence-electron chi connectivity index (χ2n) is 7.85. The second-order valence-corrected chi connectivity index (χ2v) is 7.85. The van der Waals surface area contributed by atoms with E-state index in [9.17, 15) is 0 Å². The topological polar surface area (TPSA) is 17.9 Å². The first-order valence-corrected chi connectivity index (χ1v) is 10.0. The summed E-state index contributed by atoms with van der Waals surface area (Å²) in [6.45, 7) is 8.38. The minimum Gasteiger partial charge on any atom is -0.359 e. The molecule has 0 spiro atoms. The van der Waals surface area contributed by atoms with Gasteiger partial charge in [-0.05, 0) is 50.2 Å². The third-order valence-electron chi connectivity index (χ3n) is 6.36. The standard InChI is InChI=1S/C21H29N5/c1-22-18-7-2-3-8-19(18)25-16-15-24(14-13-23-10-4-5-11-23)17-21(25)20-9-6-12-26(20)22/h2-3,6-9,12,21H,4-5,10-11,13-17H2,1H3. The summed E-state index contributed by atoms with van der Waals surface area (Å²) < 4.78 is 2.33. The van der Waals surface area contributed by atoms with Crippen LogP contribution in [0.15, 0.2) is 42.6 Å². The van der Waals surface area contributed by atoms with Crippen molar-refractivity contribution in [2.75, 3.05) is 62.8 Å². The van der Waals surface area contributed by atoms with Crippen LogP contribution in [0.4, 0.5) is 11.4 Å². The van der Waals surface area contributed by atoms with Gasteiger partial charge in [0.25, 0.3) is 0 Å². The molecule has 1 unspecified atom stereocenters. The summed E-state index contributed by atoms with van der Waals surface area (Å²) in [4.78, 5) is 7.92. The summed E-state index contributed by atoms with van der Waals surface area (Å²) in [5.74, 6) is 0. The average Bonchev–Trinajstić information content (AvgIpc) is 3.36. The Hall–Kier alpha value is -1.98. The van der Waals surface area contributed by atoms with E-state index in [1.165, 1.54) is 56.1 Å². The zero-order chi connectivity index (χ0) is 17.5. The number of rotatable bonds is 3. The molecule has 3 aliphatic heterocycles. The Morgan fingerprint density at radius 2 is 1.62 bits per heavy atom. The summed E-state index contributed by atoms with van der Waals surface area (Å²) >= 11 is 0. The zero-order valence-electron chi connectivity index (χ0n) is 15.7. The van der Waals surface area contributed by atoms with Crippen molar-refractivity contribution in [2.45, 2.75) is 18.9 Å². The number of piperazine rings is 1. The van der Waals surface area contributed by atoms with E-state index in [-0.39, 0.29) is 0 Å². The lowest BCUT2D eigenvalue weighted by atomic mass is 10.1. The fourth-order valence-corrected chi connectivity index (χ4v) is 4.89. The summed E-state index contributed by atoms with van der Waals surface area (Å²) in [6, 6.07) is 13.7. The maximum absolute atomic E-state index is 2.67. The predicted octanol–water partition coefficient (Wildman–Crippen LogP) is 2.66. The van der Waals surface area contributed by atoms with Crippen LogP contribution in [0.25, 0.3) is 0 Å². The lowest BCUT2D eigenvalue weighted by Crippen LogP contribution is -2.50. The number of fused-ring (bicyclic) bond motifs is 5. The summed E-state index contributed by atoms with van der Waals surface area (Å²) in [6.07, 6.45) is 4.96. The van der Waals surface area contributed by atoms with Gasteiger partial charge < -0.3 is 9.80 Å². The number of aromatic nitrogens is 1. The molecule has 0 radical (unpaired) electrons. The van der Waals surface area contributed by atoms with Gasteiger partial charge in [0, 0.05) is 46.0 Å². The fraction of sp³-hybridized carbons (Fsp3) is 0.524. The number of nitrogens with zero attached hydrogens (tertiary/aromatic N) is 5. The molecule has 2 aromatic rings. The van der Waals surface area contributed by atoms with E-state index in [1.807, 2.05) is 0 Å². The fourth-order valence-electron chi connectivity index (χ4n) is 4.89. The monoisotopic (exact) mass is 351 g/mol. The Morgan fingerprint density at radius 3 is 2.46 bits per heavy atom. The van der Waals surface area contributed by atoms with Gasteiger partial charge in [-0.25, -0.2) is 0 Å². The number of para-hydroxylation sites is 2. The molecule has 1 aromatic carbocycles. The molecule has 26 heavy (non-hydrogen) atoms. The lowest BCUT2D eigenvalue weighted by molar-refractivity contribution is 0.191. The van der Waals surface area contributed by atoms with Crippen molar-refractivity contribution in [1.29, 1.82) is 0 Å². The first-order valence-electron chi connectivity index (χ1n) is 10.0. The minimum atomic E-state index is 0.420. The third kappa shape index (κ3) is 2.70. The molecule has 138 valence electrons. The number of hydrogen-bond acceptors (Lipinski definition) is 4. The number of hydrogen-bond donors (Lipinski definition) is 0. The van der Waals surface area contributed by atoms with Crippen molar-refractivity contribution >= 4 is 11.4 Å². The summed E-state index contributed by atoms with van der Waals surface area (Å²) in [7, 11) is 2.17. The molecular formula is C21H29N5. The van der Waals surface area contributed by atoms with E-state index >= 15 is 0 Å². The van der Waals surface area contributed by atoms with Crippen molar-refractivity contribution in [3.05, 3.63) is 48.3 Å².